The minimum absolute atomic E-state index is 0.0638. The number of aliphatic hydroxyl groups is 1. The lowest BCUT2D eigenvalue weighted by atomic mass is 9.84. The number of likely N-dealkylation sites (tertiary alicyclic amines) is 1. The smallest absolute Gasteiger partial charge is 0.0794 e. The van der Waals surface area contributed by atoms with E-state index in [1.165, 1.54) is 57.8 Å². The molecule has 1 unspecified atom stereocenters. The second-order valence-electron chi connectivity index (χ2n) is 6.32. The fourth-order valence-corrected chi connectivity index (χ4v) is 3.03. The first-order valence-corrected chi connectivity index (χ1v) is 8.05. The van der Waals surface area contributed by atoms with E-state index in [2.05, 4.69) is 25.7 Å². The third-order valence-corrected chi connectivity index (χ3v) is 4.51. The number of nitrogens with zero attached hydrogens (tertiary/aromatic N) is 1. The third kappa shape index (κ3) is 4.89. The Hall–Kier alpha value is -0.0800. The summed E-state index contributed by atoms with van der Waals surface area (Å²) in [6.45, 7) is 8.76. The molecule has 0 amide bonds. The van der Waals surface area contributed by atoms with Gasteiger partial charge in [0.05, 0.1) is 6.10 Å². The molecule has 1 heterocycles. The Kier molecular flexibility index (Phi) is 7.25. The van der Waals surface area contributed by atoms with E-state index in [4.69, 9.17) is 0 Å². The van der Waals surface area contributed by atoms with Crippen LogP contribution < -0.4 is 0 Å². The largest absolute Gasteiger partial charge is 0.390 e. The molecule has 1 rings (SSSR count). The fraction of sp³-hybridized carbons (Fsp3) is 1.00. The maximum absolute atomic E-state index is 9.52. The van der Waals surface area contributed by atoms with Crippen LogP contribution in [-0.2, 0) is 0 Å². The van der Waals surface area contributed by atoms with Crippen molar-refractivity contribution in [1.29, 1.82) is 0 Å². The van der Waals surface area contributed by atoms with Crippen molar-refractivity contribution in [2.45, 2.75) is 90.2 Å². The highest BCUT2D eigenvalue weighted by molar-refractivity contribution is 4.94. The van der Waals surface area contributed by atoms with Crippen LogP contribution in [0.4, 0.5) is 0 Å². The number of aliphatic hydroxyl groups excluding tert-OH is 1. The van der Waals surface area contributed by atoms with Crippen molar-refractivity contribution in [3.05, 3.63) is 0 Å². The lowest BCUT2D eigenvalue weighted by Crippen LogP contribution is -2.61. The Morgan fingerprint density at radius 3 is 1.94 bits per heavy atom. The molecule has 1 atom stereocenters. The summed E-state index contributed by atoms with van der Waals surface area (Å²) < 4.78 is 0. The van der Waals surface area contributed by atoms with Gasteiger partial charge in [0.15, 0.2) is 0 Å². The summed E-state index contributed by atoms with van der Waals surface area (Å²) in [5.41, 5.74) is 0.349. The van der Waals surface area contributed by atoms with Crippen LogP contribution >= 0.6 is 0 Å². The Bertz CT molecular complexity index is 213. The summed E-state index contributed by atoms with van der Waals surface area (Å²) in [6.07, 6.45) is 11.9. The van der Waals surface area contributed by atoms with Crippen molar-refractivity contribution >= 4 is 0 Å². The second-order valence-corrected chi connectivity index (χ2v) is 6.32. The Morgan fingerprint density at radius 2 is 1.44 bits per heavy atom. The van der Waals surface area contributed by atoms with E-state index in [1.54, 1.807) is 0 Å². The quantitative estimate of drug-likeness (QED) is 0.597. The van der Waals surface area contributed by atoms with Gasteiger partial charge in [-0.05, 0) is 19.8 Å². The van der Waals surface area contributed by atoms with Gasteiger partial charge in [-0.2, -0.15) is 0 Å². The monoisotopic (exact) mass is 255 g/mol. The van der Waals surface area contributed by atoms with E-state index in [-0.39, 0.29) is 6.10 Å². The first kappa shape index (κ1) is 16.0. The molecule has 1 aliphatic heterocycles. The fourth-order valence-electron chi connectivity index (χ4n) is 3.03. The molecule has 1 N–H and O–H groups in total. The highest BCUT2D eigenvalue weighted by Gasteiger charge is 2.38. The maximum atomic E-state index is 9.52. The van der Waals surface area contributed by atoms with Crippen LogP contribution in [0, 0.1) is 0 Å². The van der Waals surface area contributed by atoms with Gasteiger partial charge < -0.3 is 5.11 Å². The molecule has 0 radical (unpaired) electrons. The van der Waals surface area contributed by atoms with Crippen molar-refractivity contribution in [2.24, 2.45) is 0 Å². The average molecular weight is 255 g/mol. The van der Waals surface area contributed by atoms with Crippen molar-refractivity contribution < 1.29 is 5.11 Å². The highest BCUT2D eigenvalue weighted by atomic mass is 16.3. The van der Waals surface area contributed by atoms with Crippen LogP contribution in [0.1, 0.15) is 78.6 Å². The van der Waals surface area contributed by atoms with Gasteiger partial charge in [-0.25, -0.2) is 0 Å². The van der Waals surface area contributed by atoms with E-state index >= 15 is 0 Å². The Labute approximate surface area is 114 Å². The summed E-state index contributed by atoms with van der Waals surface area (Å²) in [5, 5.41) is 9.52. The Balaban J connectivity index is 2.35. The molecule has 1 saturated heterocycles. The van der Waals surface area contributed by atoms with E-state index < -0.39 is 0 Å². The van der Waals surface area contributed by atoms with Gasteiger partial charge in [0.25, 0.3) is 0 Å². The SMILES string of the molecule is CCCCCCC(C)(CCCCC)N1CC(O)C1. The molecule has 0 aromatic carbocycles. The van der Waals surface area contributed by atoms with Gasteiger partial charge >= 0.3 is 0 Å². The predicted octanol–water partition coefficient (Wildman–Crippen LogP) is 3.97. The zero-order chi connectivity index (χ0) is 13.4. The molecule has 0 aliphatic carbocycles. The van der Waals surface area contributed by atoms with Gasteiger partial charge in [-0.3, -0.25) is 4.90 Å². The molecule has 0 bridgehead atoms. The van der Waals surface area contributed by atoms with E-state index in [0.717, 1.165) is 13.1 Å². The molecular formula is C16H33NO. The zero-order valence-electron chi connectivity index (χ0n) is 12.7. The molecule has 0 spiro atoms. The lowest BCUT2D eigenvalue weighted by molar-refractivity contribution is -0.0689. The lowest BCUT2D eigenvalue weighted by Gasteiger charge is -2.49. The minimum atomic E-state index is -0.0638. The van der Waals surface area contributed by atoms with Crippen LogP contribution in [-0.4, -0.2) is 34.7 Å². The third-order valence-electron chi connectivity index (χ3n) is 4.51. The summed E-state index contributed by atoms with van der Waals surface area (Å²) in [7, 11) is 0. The summed E-state index contributed by atoms with van der Waals surface area (Å²) in [5.74, 6) is 0. The van der Waals surface area contributed by atoms with Crippen LogP contribution in [0.2, 0.25) is 0 Å². The number of hydrogen-bond donors (Lipinski definition) is 1. The molecule has 0 aromatic rings. The van der Waals surface area contributed by atoms with Gasteiger partial charge in [0.1, 0.15) is 0 Å². The number of unbranched alkanes of at least 4 members (excludes halogenated alkanes) is 5. The molecule has 108 valence electrons. The van der Waals surface area contributed by atoms with Gasteiger partial charge in [-0.15, -0.1) is 0 Å². The summed E-state index contributed by atoms with van der Waals surface area (Å²) in [4.78, 5) is 2.51. The number of hydrogen-bond acceptors (Lipinski definition) is 2. The van der Waals surface area contributed by atoms with E-state index in [0.29, 0.717) is 5.54 Å². The predicted molar refractivity (Wildman–Crippen MR) is 78.9 cm³/mol. The molecule has 18 heavy (non-hydrogen) atoms. The summed E-state index contributed by atoms with van der Waals surface area (Å²) >= 11 is 0. The second kappa shape index (κ2) is 8.16. The molecule has 1 fully saturated rings. The number of β-amino-alcohol motifs (C(OH)–C–C–N with tert-alkyl or cyclic N) is 1. The summed E-state index contributed by atoms with van der Waals surface area (Å²) in [6, 6.07) is 0. The first-order chi connectivity index (χ1) is 8.62. The van der Waals surface area contributed by atoms with Crippen LogP contribution in [0.15, 0.2) is 0 Å². The normalized spacial score (nSPS) is 20.7. The molecule has 2 heteroatoms. The van der Waals surface area contributed by atoms with Gasteiger partial charge in [-0.1, -0.05) is 58.8 Å². The molecule has 0 saturated carbocycles. The minimum Gasteiger partial charge on any atom is -0.390 e. The molecular weight excluding hydrogens is 222 g/mol. The van der Waals surface area contributed by atoms with Crippen molar-refractivity contribution in [1.82, 2.24) is 4.90 Å². The molecule has 0 aromatic heterocycles. The van der Waals surface area contributed by atoms with Gasteiger partial charge in [0, 0.05) is 18.6 Å². The topological polar surface area (TPSA) is 23.5 Å². The number of rotatable bonds is 10. The molecule has 2 nitrogen and oxygen atoms in total. The van der Waals surface area contributed by atoms with Crippen molar-refractivity contribution in [2.75, 3.05) is 13.1 Å². The van der Waals surface area contributed by atoms with Crippen LogP contribution in [0.25, 0.3) is 0 Å². The average Bonchev–Trinajstić information content (AvgIpc) is 2.31. The van der Waals surface area contributed by atoms with E-state index in [9.17, 15) is 5.11 Å². The van der Waals surface area contributed by atoms with Crippen LogP contribution in [0.3, 0.4) is 0 Å². The standard InChI is InChI=1S/C16H33NO/c1-4-6-8-10-12-16(3,11-9-7-5-2)17-13-15(18)14-17/h15,18H,4-14H2,1-3H3. The van der Waals surface area contributed by atoms with Crippen molar-refractivity contribution in [3.8, 4) is 0 Å². The van der Waals surface area contributed by atoms with Crippen molar-refractivity contribution in [3.63, 3.8) is 0 Å². The highest BCUT2D eigenvalue weighted by Crippen LogP contribution is 2.32. The van der Waals surface area contributed by atoms with Gasteiger partial charge in [0.2, 0.25) is 0 Å². The molecule has 1 aliphatic rings. The van der Waals surface area contributed by atoms with E-state index in [1.807, 2.05) is 0 Å². The zero-order valence-corrected chi connectivity index (χ0v) is 12.7. The maximum Gasteiger partial charge on any atom is 0.0794 e. The first-order valence-electron chi connectivity index (χ1n) is 8.05. The van der Waals surface area contributed by atoms with Crippen LogP contribution in [0.5, 0.6) is 0 Å². The Morgan fingerprint density at radius 1 is 0.944 bits per heavy atom.